The van der Waals surface area contributed by atoms with Crippen LogP contribution < -0.4 is 10.2 Å². The number of hydrogen-bond acceptors (Lipinski definition) is 7. The Morgan fingerprint density at radius 1 is 0.479 bits per heavy atom. The topological polar surface area (TPSA) is 114 Å². The van der Waals surface area contributed by atoms with Gasteiger partial charge in [-0.2, -0.15) is 0 Å². The minimum Gasteiger partial charge on any atom is -0.756 e. The van der Waals surface area contributed by atoms with Crippen molar-refractivity contribution in [2.75, 3.05) is 40.9 Å². The number of rotatable bonds is 55. The average Bonchev–Trinajstić information content (AvgIpc) is 3.33. The molecule has 0 aliphatic carbocycles. The van der Waals surface area contributed by atoms with E-state index in [0.29, 0.717) is 17.4 Å². The van der Waals surface area contributed by atoms with E-state index in [1.165, 1.54) is 186 Å². The highest BCUT2D eigenvalue weighted by Gasteiger charge is 2.27. The van der Waals surface area contributed by atoms with Crippen LogP contribution in [0.2, 0.25) is 0 Å². The number of likely N-dealkylation sites (N-methyl/N-ethyl adjacent to an activating group) is 1. The van der Waals surface area contributed by atoms with Crippen molar-refractivity contribution < 1.29 is 37.3 Å². The molecule has 0 rings (SSSR count). The monoisotopic (exact) mass is 1020 g/mol. The number of ether oxygens (including phenoxy) is 1. The molecule has 0 aromatic rings. The Labute approximate surface area is 440 Å². The normalized spacial score (nSPS) is 14.0. The maximum absolute atomic E-state index is 13.5. The second kappa shape index (κ2) is 51.7. The van der Waals surface area contributed by atoms with E-state index in [4.69, 9.17) is 13.8 Å². The molecular formula is C61H117N2O7P. The summed E-state index contributed by atoms with van der Waals surface area (Å²) in [7, 11) is 1.18. The van der Waals surface area contributed by atoms with Crippen molar-refractivity contribution in [2.45, 2.75) is 303 Å². The zero-order chi connectivity index (χ0) is 52.2. The molecule has 10 heteroatoms. The van der Waals surface area contributed by atoms with E-state index in [9.17, 15) is 19.0 Å². The van der Waals surface area contributed by atoms with Crippen molar-refractivity contribution in [2.24, 2.45) is 0 Å². The SMILES string of the molecule is CCCCCCCC/C=C\CCCCCC(=O)NC(COP(=O)([O-])OCC[N+](C)(C)C)C(/C=C\CCCCCCCCCCCCC)OC(=O)CCCCCCCCCCC/C=C/CCCCCCCC. The quantitative estimate of drug-likeness (QED) is 0.0212. The fourth-order valence-corrected chi connectivity index (χ4v) is 9.53. The third-order valence-corrected chi connectivity index (χ3v) is 14.5. The predicted octanol–water partition coefficient (Wildman–Crippen LogP) is 17.7. The molecule has 0 aliphatic rings. The van der Waals surface area contributed by atoms with Crippen LogP contribution in [-0.2, 0) is 27.9 Å². The van der Waals surface area contributed by atoms with Gasteiger partial charge in [0.25, 0.3) is 7.82 Å². The lowest BCUT2D eigenvalue weighted by Crippen LogP contribution is -2.47. The van der Waals surface area contributed by atoms with E-state index in [1.54, 1.807) is 0 Å². The van der Waals surface area contributed by atoms with Crippen molar-refractivity contribution in [3.63, 3.8) is 0 Å². The van der Waals surface area contributed by atoms with E-state index in [0.717, 1.165) is 70.6 Å². The van der Waals surface area contributed by atoms with Gasteiger partial charge in [-0.05, 0) is 83.1 Å². The standard InChI is InChI=1S/C61H117N2O7P/c1-7-10-13-16-19-22-25-28-29-30-31-32-33-36-39-42-45-48-51-54-61(65)70-59(52-49-46-43-40-37-34-26-23-20-17-14-11-8-2)58(57-69-71(66,67)68-56-55-63(4,5)6)62-60(64)53-50-47-44-41-38-35-27-24-21-18-15-12-9-3/h28-29,35,38,49,52,58-59H,7-27,30-34,36-37,39-48,50-51,53-57H2,1-6H3,(H-,62,64,66,67)/b29-28+,38-35-,52-49-. The first-order valence-corrected chi connectivity index (χ1v) is 31.8. The van der Waals surface area contributed by atoms with Gasteiger partial charge >= 0.3 is 5.97 Å². The second-order valence-corrected chi connectivity index (χ2v) is 23.3. The maximum Gasteiger partial charge on any atom is 0.306 e. The summed E-state index contributed by atoms with van der Waals surface area (Å²) in [5, 5.41) is 3.02. The molecule has 0 radical (unpaired) electrons. The van der Waals surface area contributed by atoms with E-state index in [2.05, 4.69) is 50.4 Å². The average molecular weight is 1020 g/mol. The van der Waals surface area contributed by atoms with Gasteiger partial charge in [0.2, 0.25) is 5.91 Å². The summed E-state index contributed by atoms with van der Waals surface area (Å²) in [6.07, 6.45) is 61.1. The largest absolute Gasteiger partial charge is 0.756 e. The molecule has 0 aromatic carbocycles. The van der Waals surface area contributed by atoms with Gasteiger partial charge in [-0.15, -0.1) is 0 Å². The molecule has 3 atom stereocenters. The molecule has 9 nitrogen and oxygen atoms in total. The van der Waals surface area contributed by atoms with Crippen molar-refractivity contribution in [1.82, 2.24) is 5.32 Å². The van der Waals surface area contributed by atoms with Crippen molar-refractivity contribution in [3.05, 3.63) is 36.5 Å². The number of carbonyl (C=O) groups excluding carboxylic acids is 2. The summed E-state index contributed by atoms with van der Waals surface area (Å²) in [5.41, 5.74) is 0. The second-order valence-electron chi connectivity index (χ2n) is 21.8. The first-order chi connectivity index (χ1) is 34.4. The summed E-state index contributed by atoms with van der Waals surface area (Å²) in [6.45, 7) is 6.84. The smallest absolute Gasteiger partial charge is 0.306 e. The molecule has 418 valence electrons. The van der Waals surface area contributed by atoms with Crippen molar-refractivity contribution in [1.29, 1.82) is 0 Å². The van der Waals surface area contributed by atoms with Gasteiger partial charge in [0, 0.05) is 12.8 Å². The molecule has 0 aliphatic heterocycles. The van der Waals surface area contributed by atoms with E-state index in [-0.39, 0.29) is 24.9 Å². The zero-order valence-electron chi connectivity index (χ0n) is 47.7. The van der Waals surface area contributed by atoms with Crippen LogP contribution in [-0.4, -0.2) is 69.4 Å². The fraction of sp³-hybridized carbons (Fsp3) is 0.869. The molecule has 1 N–H and O–H groups in total. The van der Waals surface area contributed by atoms with E-state index in [1.807, 2.05) is 33.3 Å². The fourth-order valence-electron chi connectivity index (χ4n) is 8.81. The minimum atomic E-state index is -4.70. The van der Waals surface area contributed by atoms with Crippen LogP contribution in [0.1, 0.15) is 290 Å². The number of esters is 1. The van der Waals surface area contributed by atoms with Gasteiger partial charge in [0.05, 0.1) is 33.8 Å². The summed E-state index contributed by atoms with van der Waals surface area (Å²) in [6, 6.07) is -0.893. The number of nitrogens with one attached hydrogen (secondary N) is 1. The number of unbranched alkanes of at least 4 members (excludes halogenated alkanes) is 35. The molecule has 0 spiro atoms. The Morgan fingerprint density at radius 3 is 1.21 bits per heavy atom. The third-order valence-electron chi connectivity index (χ3n) is 13.5. The molecule has 0 fully saturated rings. The number of hydrogen-bond donors (Lipinski definition) is 1. The number of phosphoric acid groups is 1. The lowest BCUT2D eigenvalue weighted by molar-refractivity contribution is -0.870. The highest BCUT2D eigenvalue weighted by molar-refractivity contribution is 7.45. The third kappa shape index (κ3) is 52.9. The summed E-state index contributed by atoms with van der Waals surface area (Å²) in [4.78, 5) is 39.9. The van der Waals surface area contributed by atoms with Crippen LogP contribution in [0.5, 0.6) is 0 Å². The van der Waals surface area contributed by atoms with E-state index >= 15 is 0 Å². The number of quaternary nitrogens is 1. The Balaban J connectivity index is 5.29. The predicted molar refractivity (Wildman–Crippen MR) is 303 cm³/mol. The van der Waals surface area contributed by atoms with Crippen LogP contribution >= 0.6 is 7.82 Å². The molecular weight excluding hydrogens is 904 g/mol. The van der Waals surface area contributed by atoms with Crippen LogP contribution in [0.15, 0.2) is 36.5 Å². The summed E-state index contributed by atoms with van der Waals surface area (Å²) in [5.74, 6) is -0.553. The van der Waals surface area contributed by atoms with Crippen molar-refractivity contribution >= 4 is 19.7 Å². The summed E-state index contributed by atoms with van der Waals surface area (Å²) >= 11 is 0. The first-order valence-electron chi connectivity index (χ1n) is 30.3. The number of phosphoric ester groups is 1. The lowest BCUT2D eigenvalue weighted by atomic mass is 10.0. The number of allylic oxidation sites excluding steroid dienone is 5. The molecule has 0 aromatic heterocycles. The minimum absolute atomic E-state index is 0.0237. The first kappa shape index (κ1) is 69.2. The van der Waals surface area contributed by atoms with Crippen LogP contribution in [0, 0.1) is 0 Å². The van der Waals surface area contributed by atoms with Gasteiger partial charge in [0.15, 0.2) is 0 Å². The van der Waals surface area contributed by atoms with Crippen LogP contribution in [0.4, 0.5) is 0 Å². The molecule has 3 unspecified atom stereocenters. The molecule has 71 heavy (non-hydrogen) atoms. The highest BCUT2D eigenvalue weighted by atomic mass is 31.2. The highest BCUT2D eigenvalue weighted by Crippen LogP contribution is 2.38. The Hall–Kier alpha value is -1.77. The van der Waals surface area contributed by atoms with Gasteiger partial charge in [-0.3, -0.25) is 14.2 Å². The molecule has 0 heterocycles. The lowest BCUT2D eigenvalue weighted by Gasteiger charge is -2.30. The number of carbonyl (C=O) groups is 2. The van der Waals surface area contributed by atoms with Gasteiger partial charge in [0.1, 0.15) is 19.3 Å². The molecule has 0 bridgehead atoms. The van der Waals surface area contributed by atoms with Crippen LogP contribution in [0.25, 0.3) is 0 Å². The number of amides is 1. The Kier molecular flexibility index (Phi) is 50.4. The maximum atomic E-state index is 13.5. The molecule has 0 saturated carbocycles. The van der Waals surface area contributed by atoms with Gasteiger partial charge in [-0.1, -0.05) is 231 Å². The van der Waals surface area contributed by atoms with Gasteiger partial charge in [-0.25, -0.2) is 0 Å². The Morgan fingerprint density at radius 2 is 0.817 bits per heavy atom. The zero-order valence-corrected chi connectivity index (χ0v) is 48.6. The Bertz CT molecular complexity index is 1310. The summed E-state index contributed by atoms with van der Waals surface area (Å²) < 4.78 is 30.3. The van der Waals surface area contributed by atoms with Gasteiger partial charge < -0.3 is 28.5 Å². The molecule has 1 amide bonds. The molecule has 0 saturated heterocycles. The number of nitrogens with zero attached hydrogens (tertiary/aromatic N) is 1. The van der Waals surface area contributed by atoms with Crippen LogP contribution in [0.3, 0.4) is 0 Å². The van der Waals surface area contributed by atoms with Crippen molar-refractivity contribution in [3.8, 4) is 0 Å². The van der Waals surface area contributed by atoms with E-state index < -0.39 is 26.6 Å².